The molecule has 6 nitrogen and oxygen atoms in total. The summed E-state index contributed by atoms with van der Waals surface area (Å²) in [5.74, 6) is 3.11. The van der Waals surface area contributed by atoms with Crippen LogP contribution in [0.3, 0.4) is 0 Å². The van der Waals surface area contributed by atoms with Crippen LogP contribution in [0.5, 0.6) is 28.7 Å². The van der Waals surface area contributed by atoms with E-state index < -0.39 is 0 Å². The van der Waals surface area contributed by atoms with Crippen molar-refractivity contribution in [3.8, 4) is 34.8 Å². The number of hydrogen-bond acceptors (Lipinski definition) is 6. The van der Waals surface area contributed by atoms with E-state index in [0.29, 0.717) is 54.0 Å². The Balaban J connectivity index is 1.80. The molecule has 0 bridgehead atoms. The second-order valence-corrected chi connectivity index (χ2v) is 8.37. The highest BCUT2D eigenvalue weighted by atomic mass is 79.9. The van der Waals surface area contributed by atoms with Crippen LogP contribution in [0.15, 0.2) is 59.1 Å². The summed E-state index contributed by atoms with van der Waals surface area (Å²) < 4.78 is 28.9. The van der Waals surface area contributed by atoms with Gasteiger partial charge in [-0.2, -0.15) is 5.26 Å². The first kappa shape index (κ1) is 26.0. The Kier molecular flexibility index (Phi) is 9.45. The summed E-state index contributed by atoms with van der Waals surface area (Å²) in [5, 5.41) is 9.81. The molecule has 0 atom stereocenters. The minimum atomic E-state index is 0.344. The molecule has 0 spiro atoms. The molecule has 0 unspecified atom stereocenters. The predicted molar refractivity (Wildman–Crippen MR) is 141 cm³/mol. The fourth-order valence-electron chi connectivity index (χ4n) is 3.36. The van der Waals surface area contributed by atoms with Crippen LogP contribution >= 0.6 is 15.9 Å². The van der Waals surface area contributed by atoms with Gasteiger partial charge in [-0.05, 0) is 89.4 Å². The molecular weight excluding hydrogens is 510 g/mol. The third-order valence-corrected chi connectivity index (χ3v) is 5.67. The van der Waals surface area contributed by atoms with E-state index in [1.807, 2.05) is 56.3 Å². The number of hydrogen-bond donors (Lipinski definition) is 0. The molecule has 0 fully saturated rings. The third-order valence-electron chi connectivity index (χ3n) is 5.08. The van der Waals surface area contributed by atoms with E-state index in [1.165, 1.54) is 5.56 Å². The van der Waals surface area contributed by atoms with Crippen LogP contribution in [0.1, 0.15) is 23.6 Å². The fraction of sp³-hybridized carbons (Fsp3) is 0.250. The molecule has 0 N–H and O–H groups in total. The van der Waals surface area contributed by atoms with E-state index in [-0.39, 0.29) is 0 Å². The van der Waals surface area contributed by atoms with Gasteiger partial charge in [0.25, 0.3) is 0 Å². The third kappa shape index (κ3) is 6.93. The van der Waals surface area contributed by atoms with Gasteiger partial charge < -0.3 is 23.7 Å². The lowest BCUT2D eigenvalue weighted by molar-refractivity contribution is 0.207. The highest BCUT2D eigenvalue weighted by Crippen LogP contribution is 2.38. The van der Waals surface area contributed by atoms with E-state index >= 15 is 0 Å². The van der Waals surface area contributed by atoms with Crippen LogP contribution in [0.4, 0.5) is 0 Å². The van der Waals surface area contributed by atoms with Crippen molar-refractivity contribution in [3.05, 3.63) is 75.8 Å². The SMILES string of the molecule is CCOc1cc(/C=C(\C#N)c2ccc(OC)c(OC)c2)cc(Br)c1OCCOc1ccc(C)cc1. The Morgan fingerprint density at radius 2 is 1.60 bits per heavy atom. The molecule has 7 heteroatoms. The zero-order chi connectivity index (χ0) is 25.2. The molecule has 182 valence electrons. The van der Waals surface area contributed by atoms with E-state index in [9.17, 15) is 5.26 Å². The number of ether oxygens (including phenoxy) is 5. The number of allylic oxidation sites excluding steroid dienone is 1. The molecule has 0 saturated carbocycles. The minimum Gasteiger partial charge on any atom is -0.493 e. The zero-order valence-corrected chi connectivity index (χ0v) is 21.8. The minimum absolute atomic E-state index is 0.344. The first-order chi connectivity index (χ1) is 17.0. The van der Waals surface area contributed by atoms with Crippen molar-refractivity contribution >= 4 is 27.6 Å². The van der Waals surface area contributed by atoms with Crippen LogP contribution in [-0.2, 0) is 0 Å². The molecule has 0 aliphatic carbocycles. The lowest BCUT2D eigenvalue weighted by atomic mass is 10.0. The largest absolute Gasteiger partial charge is 0.493 e. The maximum absolute atomic E-state index is 9.81. The summed E-state index contributed by atoms with van der Waals surface area (Å²) in [6.07, 6.45) is 1.79. The van der Waals surface area contributed by atoms with Gasteiger partial charge in [-0.3, -0.25) is 0 Å². The molecule has 0 amide bonds. The Morgan fingerprint density at radius 3 is 2.26 bits per heavy atom. The van der Waals surface area contributed by atoms with Crippen LogP contribution in [0.25, 0.3) is 11.6 Å². The lowest BCUT2D eigenvalue weighted by Crippen LogP contribution is -2.10. The van der Waals surface area contributed by atoms with Gasteiger partial charge in [0.05, 0.1) is 36.9 Å². The Morgan fingerprint density at radius 1 is 0.886 bits per heavy atom. The zero-order valence-electron chi connectivity index (χ0n) is 20.3. The molecule has 3 rings (SSSR count). The molecule has 3 aromatic rings. The Labute approximate surface area is 214 Å². The van der Waals surface area contributed by atoms with Gasteiger partial charge in [0.15, 0.2) is 23.0 Å². The first-order valence-corrected chi connectivity index (χ1v) is 11.9. The van der Waals surface area contributed by atoms with Crippen molar-refractivity contribution in [2.75, 3.05) is 34.0 Å². The summed E-state index contributed by atoms with van der Waals surface area (Å²) in [7, 11) is 3.14. The van der Waals surface area contributed by atoms with Crippen molar-refractivity contribution in [2.24, 2.45) is 0 Å². The Bertz CT molecular complexity index is 1220. The molecule has 3 aromatic carbocycles. The monoisotopic (exact) mass is 537 g/mol. The second kappa shape index (κ2) is 12.7. The van der Waals surface area contributed by atoms with Gasteiger partial charge in [0.2, 0.25) is 0 Å². The average Bonchev–Trinajstić information content (AvgIpc) is 2.87. The molecule has 0 aromatic heterocycles. The summed E-state index contributed by atoms with van der Waals surface area (Å²) in [6.45, 7) is 5.14. The van der Waals surface area contributed by atoms with E-state index in [4.69, 9.17) is 23.7 Å². The first-order valence-electron chi connectivity index (χ1n) is 11.1. The maximum Gasteiger partial charge on any atom is 0.175 e. The number of aryl methyl sites for hydroxylation is 1. The average molecular weight is 538 g/mol. The van der Waals surface area contributed by atoms with Crippen LogP contribution in [-0.4, -0.2) is 34.0 Å². The topological polar surface area (TPSA) is 69.9 Å². The highest BCUT2D eigenvalue weighted by molar-refractivity contribution is 9.10. The van der Waals surface area contributed by atoms with Gasteiger partial charge in [0, 0.05) is 0 Å². The fourth-order valence-corrected chi connectivity index (χ4v) is 3.94. The smallest absolute Gasteiger partial charge is 0.175 e. The van der Waals surface area contributed by atoms with Crippen LogP contribution in [0, 0.1) is 18.3 Å². The summed E-state index contributed by atoms with van der Waals surface area (Å²) in [4.78, 5) is 0. The molecule has 0 heterocycles. The molecular formula is C28H28BrNO5. The molecule has 0 aliphatic heterocycles. The highest BCUT2D eigenvalue weighted by Gasteiger charge is 2.14. The Hall–Kier alpha value is -3.63. The molecule has 0 aliphatic rings. The number of benzene rings is 3. The van der Waals surface area contributed by atoms with E-state index in [2.05, 4.69) is 22.0 Å². The van der Waals surface area contributed by atoms with E-state index in [0.717, 1.165) is 15.8 Å². The van der Waals surface area contributed by atoms with Crippen molar-refractivity contribution in [2.45, 2.75) is 13.8 Å². The van der Waals surface area contributed by atoms with Gasteiger partial charge in [-0.15, -0.1) is 0 Å². The van der Waals surface area contributed by atoms with Crippen molar-refractivity contribution in [1.82, 2.24) is 0 Å². The standard InChI is InChI=1S/C28H28BrNO5/c1-5-33-27-16-20(14-22(18-30)21-8-11-25(31-3)26(17-21)32-4)15-24(29)28(27)35-13-12-34-23-9-6-19(2)7-10-23/h6-11,14-17H,5,12-13H2,1-4H3/b22-14+. The van der Waals surface area contributed by atoms with Crippen LogP contribution < -0.4 is 23.7 Å². The van der Waals surface area contributed by atoms with Gasteiger partial charge >= 0.3 is 0 Å². The number of rotatable bonds is 11. The van der Waals surface area contributed by atoms with Gasteiger partial charge in [-0.1, -0.05) is 17.7 Å². The quantitative estimate of drug-likeness (QED) is 0.154. The molecule has 0 radical (unpaired) electrons. The number of halogens is 1. The second-order valence-electron chi connectivity index (χ2n) is 7.51. The maximum atomic E-state index is 9.81. The van der Waals surface area contributed by atoms with Crippen LogP contribution in [0.2, 0.25) is 0 Å². The summed E-state index contributed by atoms with van der Waals surface area (Å²) in [5.41, 5.74) is 3.15. The molecule has 35 heavy (non-hydrogen) atoms. The normalized spacial score (nSPS) is 10.9. The van der Waals surface area contributed by atoms with Gasteiger partial charge in [-0.25, -0.2) is 0 Å². The van der Waals surface area contributed by atoms with Crippen molar-refractivity contribution < 1.29 is 23.7 Å². The lowest BCUT2D eigenvalue weighted by Gasteiger charge is -2.15. The van der Waals surface area contributed by atoms with E-state index in [1.54, 1.807) is 32.4 Å². The number of nitrogens with zero attached hydrogens (tertiary/aromatic N) is 1. The predicted octanol–water partition coefficient (Wildman–Crippen LogP) is 6.70. The summed E-state index contributed by atoms with van der Waals surface area (Å²) in [6, 6.07) is 19.2. The van der Waals surface area contributed by atoms with Gasteiger partial charge in [0.1, 0.15) is 19.0 Å². The van der Waals surface area contributed by atoms with Crippen molar-refractivity contribution in [1.29, 1.82) is 5.26 Å². The number of methoxy groups -OCH3 is 2. The summed E-state index contributed by atoms with van der Waals surface area (Å²) >= 11 is 3.59. The number of nitriles is 1. The molecule has 0 saturated heterocycles. The van der Waals surface area contributed by atoms with Crippen molar-refractivity contribution in [3.63, 3.8) is 0 Å².